The summed E-state index contributed by atoms with van der Waals surface area (Å²) in [6.45, 7) is 22.6. The van der Waals surface area contributed by atoms with Crippen molar-refractivity contribution in [1.82, 2.24) is 9.80 Å². The molecule has 16 rings (SSSR count). The highest BCUT2D eigenvalue weighted by Crippen LogP contribution is 2.80. The van der Waals surface area contributed by atoms with E-state index in [-0.39, 0.29) is 51.1 Å². The van der Waals surface area contributed by atoms with Crippen LogP contribution in [0.25, 0.3) is 0 Å². The normalized spacial score (nSPS) is 43.1. The Morgan fingerprint density at radius 1 is 0.600 bits per heavy atom. The van der Waals surface area contributed by atoms with Crippen molar-refractivity contribution in [2.24, 2.45) is 45.3 Å². The molecule has 14 aliphatic rings. The molecule has 4 heterocycles. The van der Waals surface area contributed by atoms with Gasteiger partial charge in [0.25, 0.3) is 0 Å². The maximum Gasteiger partial charge on any atom is 0.165 e. The average molecular weight is 961 g/mol. The fourth-order valence-corrected chi connectivity index (χ4v) is 19.7. The van der Waals surface area contributed by atoms with E-state index in [2.05, 4.69) is 89.5 Å². The lowest BCUT2D eigenvalue weighted by atomic mass is 9.33. The second-order valence-corrected chi connectivity index (χ2v) is 28.2. The smallest absolute Gasteiger partial charge is 0.165 e. The van der Waals surface area contributed by atoms with Crippen LogP contribution in [0, 0.1) is 45.3 Å². The van der Waals surface area contributed by atoms with Crippen molar-refractivity contribution in [2.45, 2.75) is 203 Å². The number of piperidine rings is 2. The third kappa shape index (κ3) is 5.29. The molecule has 0 aromatic heterocycles. The van der Waals surface area contributed by atoms with Gasteiger partial charge < -0.3 is 38.6 Å². The summed E-state index contributed by atoms with van der Waals surface area (Å²) >= 11 is 0. The highest BCUT2D eigenvalue weighted by molar-refractivity contribution is 5.65. The number of fused-ring (bicyclic) bond motifs is 4. The fourth-order valence-electron chi connectivity index (χ4n) is 19.7. The van der Waals surface area contributed by atoms with Crippen molar-refractivity contribution >= 4 is 0 Å². The van der Waals surface area contributed by atoms with E-state index < -0.39 is 27.8 Å². The van der Waals surface area contributed by atoms with Crippen molar-refractivity contribution in [3.8, 4) is 23.0 Å². The third-order valence-electron chi connectivity index (χ3n) is 24.2. The highest BCUT2D eigenvalue weighted by Gasteiger charge is 2.84. The molecule has 0 amide bonds. The zero-order valence-corrected chi connectivity index (χ0v) is 44.3. The number of hydrogen-bond acceptors (Lipinski definition) is 10. The summed E-state index contributed by atoms with van der Waals surface area (Å²) in [5.74, 6) is 4.83. The lowest BCUT2D eigenvalue weighted by Crippen LogP contribution is -2.83. The van der Waals surface area contributed by atoms with Gasteiger partial charge in [-0.2, -0.15) is 0 Å². The molecule has 4 spiro atoms. The minimum atomic E-state index is -1.04. The Kier molecular flexibility index (Phi) is 9.33. The number of hydrogen-bond donors (Lipinski definition) is 2. The first kappa shape index (κ1) is 46.0. The Labute approximate surface area is 418 Å². The van der Waals surface area contributed by atoms with Crippen molar-refractivity contribution in [2.75, 3.05) is 53.6 Å². The van der Waals surface area contributed by atoms with Gasteiger partial charge in [0.05, 0.1) is 24.9 Å². The summed E-state index contributed by atoms with van der Waals surface area (Å²) in [5.41, 5.74) is 0.936. The fraction of sp³-hybridized carbons (Fsp3) is 0.800. The molecule has 2 aromatic carbocycles. The number of nitrogens with zero attached hydrogens (tertiary/aromatic N) is 2. The van der Waals surface area contributed by atoms with E-state index in [0.29, 0.717) is 25.3 Å². The zero-order chi connectivity index (χ0) is 48.6. The highest BCUT2D eigenvalue weighted by atomic mass is 16.6. The molecule has 2 saturated heterocycles. The first-order valence-corrected chi connectivity index (χ1v) is 28.1. The molecule has 10 heteroatoms. The van der Waals surface area contributed by atoms with Crippen molar-refractivity contribution < 1.29 is 38.6 Å². The zero-order valence-electron chi connectivity index (χ0n) is 44.3. The monoisotopic (exact) mass is 961 g/mol. The molecule has 8 saturated carbocycles. The number of rotatable bonds is 13. The van der Waals surface area contributed by atoms with Gasteiger partial charge in [-0.25, -0.2) is 0 Å². The second kappa shape index (κ2) is 14.2. The predicted molar refractivity (Wildman–Crippen MR) is 268 cm³/mol. The average Bonchev–Trinajstić information content (AvgIpc) is 4.25. The Morgan fingerprint density at radius 3 is 1.56 bits per heavy atom. The third-order valence-corrected chi connectivity index (χ3v) is 24.2. The van der Waals surface area contributed by atoms with Crippen LogP contribution in [-0.2, 0) is 33.1 Å². The molecule has 10 nitrogen and oxygen atoms in total. The van der Waals surface area contributed by atoms with Gasteiger partial charge >= 0.3 is 0 Å². The lowest BCUT2D eigenvalue weighted by molar-refractivity contribution is -0.319. The maximum absolute atomic E-state index is 13.2. The Balaban J connectivity index is 0.823. The van der Waals surface area contributed by atoms with Gasteiger partial charge in [-0.1, -0.05) is 53.7 Å². The van der Waals surface area contributed by atoms with E-state index in [4.69, 9.17) is 28.4 Å². The minimum Gasteiger partial charge on any atom is -0.493 e. The van der Waals surface area contributed by atoms with E-state index in [1.54, 1.807) is 7.11 Å². The Hall–Kier alpha value is -2.60. The number of methoxy groups -OCH3 is 2. The standard InChI is InChI=1S/C60H84N2O8/c1-51(2,3)53(7,63)41-31-55-19-21-59(41,66-10)49-57(55)23-25-61(33-35-11-12-35)43(55)30-38-16-18-40(48(70-49)46(38)57)67-27-28-68-60-22-20-56(32-42(60)54(8,64)52(4,5)6)44-29-37-15-17-39(65-9)47-45(37)58(56,50(60)69-47)24-26-62(44)34-36-13-14-36/h15-18,35-36,41-44,49-50,63-64H,11-14,19-34H2,1-10H3/t41?,42-,43?,44-,49+,50+,53+,54+,55-,56?,57?,58+,59-,60+/m1/s1. The van der Waals surface area contributed by atoms with E-state index in [1.807, 2.05) is 7.11 Å². The van der Waals surface area contributed by atoms with E-state index >= 15 is 0 Å². The van der Waals surface area contributed by atoms with Crippen LogP contribution in [0.4, 0.5) is 0 Å². The second-order valence-electron chi connectivity index (χ2n) is 28.2. The number of ether oxygens (including phenoxy) is 6. The van der Waals surface area contributed by atoms with Crippen LogP contribution >= 0.6 is 0 Å². The topological polar surface area (TPSA) is 102 Å². The Morgan fingerprint density at radius 2 is 1.07 bits per heavy atom. The van der Waals surface area contributed by atoms with Gasteiger partial charge in [-0.3, -0.25) is 9.80 Å². The molecule has 10 fully saturated rings. The molecular formula is C60H84N2O8. The summed E-state index contributed by atoms with van der Waals surface area (Å²) < 4.78 is 43.0. The molecule has 8 bridgehead atoms. The molecule has 382 valence electrons. The molecule has 4 aliphatic heterocycles. The van der Waals surface area contributed by atoms with Crippen LogP contribution in [0.15, 0.2) is 24.3 Å². The van der Waals surface area contributed by atoms with E-state index in [1.165, 1.54) is 61.0 Å². The molecule has 0 radical (unpaired) electrons. The van der Waals surface area contributed by atoms with E-state index in [0.717, 1.165) is 112 Å². The predicted octanol–water partition coefficient (Wildman–Crippen LogP) is 9.19. The van der Waals surface area contributed by atoms with Crippen LogP contribution in [-0.4, -0.2) is 120 Å². The summed E-state index contributed by atoms with van der Waals surface area (Å²) in [4.78, 5) is 5.77. The van der Waals surface area contributed by atoms with Crippen LogP contribution in [0.3, 0.4) is 0 Å². The minimum absolute atomic E-state index is 0.0344. The quantitative estimate of drug-likeness (QED) is 0.189. The van der Waals surface area contributed by atoms with Crippen LogP contribution in [0.2, 0.25) is 0 Å². The van der Waals surface area contributed by atoms with Crippen LogP contribution in [0.1, 0.15) is 155 Å². The van der Waals surface area contributed by atoms with Crippen molar-refractivity contribution in [3.63, 3.8) is 0 Å². The molecule has 70 heavy (non-hydrogen) atoms. The molecule has 10 aliphatic carbocycles. The van der Waals surface area contributed by atoms with Gasteiger partial charge in [-0.05, 0) is 163 Å². The maximum atomic E-state index is 13.2. The molecule has 4 unspecified atom stereocenters. The summed E-state index contributed by atoms with van der Waals surface area (Å²) in [6.07, 6.45) is 14.8. The first-order valence-electron chi connectivity index (χ1n) is 28.1. The van der Waals surface area contributed by atoms with Gasteiger partial charge in [-0.15, -0.1) is 0 Å². The lowest BCUT2D eigenvalue weighted by Gasteiger charge is -2.75. The van der Waals surface area contributed by atoms with Gasteiger partial charge in [0.2, 0.25) is 0 Å². The number of likely N-dealkylation sites (tertiary alicyclic amines) is 2. The molecule has 14 atom stereocenters. The van der Waals surface area contributed by atoms with Crippen LogP contribution < -0.4 is 18.9 Å². The van der Waals surface area contributed by atoms with Gasteiger partial charge in [0.1, 0.15) is 30.0 Å². The van der Waals surface area contributed by atoms with Gasteiger partial charge in [0.15, 0.2) is 23.0 Å². The molecular weight excluding hydrogens is 877 g/mol. The summed E-state index contributed by atoms with van der Waals surface area (Å²) in [7, 11) is 3.67. The molecule has 2 aromatic rings. The van der Waals surface area contributed by atoms with Gasteiger partial charge in [0, 0.05) is 76.9 Å². The number of aliphatic hydroxyl groups is 2. The Bertz CT molecular complexity index is 2520. The molecule has 2 N–H and O–H groups in total. The summed E-state index contributed by atoms with van der Waals surface area (Å²) in [6, 6.07) is 9.85. The van der Waals surface area contributed by atoms with Crippen LogP contribution in [0.5, 0.6) is 23.0 Å². The SMILES string of the molecule is COc1ccc2c3c1O[C@@H]1[C@]4(OCCOc5ccc6c7c5O[C@H]5C78CCN(CC7CC7)C(C6)[C@]86CC[C@@]5(OC)C([C@](C)(O)C(C)(C)C)C6)CCC5(C[C@@H]4[C@](C)(O)C(C)(C)C)[C@@H](C2)N(CC2CC2)CC[C@]315. The largest absolute Gasteiger partial charge is 0.493 e. The first-order chi connectivity index (χ1) is 33.2. The van der Waals surface area contributed by atoms with Crippen molar-refractivity contribution in [3.05, 3.63) is 46.5 Å². The van der Waals surface area contributed by atoms with E-state index in [9.17, 15) is 10.2 Å². The number of benzene rings is 2. The summed E-state index contributed by atoms with van der Waals surface area (Å²) in [5, 5.41) is 26.0. The van der Waals surface area contributed by atoms with Crippen molar-refractivity contribution in [1.29, 1.82) is 0 Å².